The van der Waals surface area contributed by atoms with Gasteiger partial charge < -0.3 is 15.8 Å². The fraction of sp³-hybridized carbons (Fsp3) is 0.300. The second-order valence-corrected chi connectivity index (χ2v) is 6.25. The third-order valence-corrected chi connectivity index (χ3v) is 4.25. The average Bonchev–Trinajstić information content (AvgIpc) is 3.06. The van der Waals surface area contributed by atoms with Gasteiger partial charge in [-0.25, -0.2) is 0 Å². The fourth-order valence-corrected chi connectivity index (χ4v) is 2.81. The lowest BCUT2D eigenvalue weighted by Crippen LogP contribution is -2.22. The normalized spacial score (nSPS) is 10.5. The van der Waals surface area contributed by atoms with E-state index in [1.807, 2.05) is 0 Å². The first-order valence-electron chi connectivity index (χ1n) is 9.06. The molecule has 9 nitrogen and oxygen atoms in total. The van der Waals surface area contributed by atoms with Crippen molar-refractivity contribution in [2.75, 3.05) is 18.4 Å². The van der Waals surface area contributed by atoms with Crippen LogP contribution < -0.4 is 21.3 Å². The van der Waals surface area contributed by atoms with Crippen molar-refractivity contribution in [1.82, 2.24) is 19.1 Å². The van der Waals surface area contributed by atoms with Crippen molar-refractivity contribution in [3.05, 3.63) is 40.2 Å². The molecule has 0 aliphatic rings. The predicted octanol–water partition coefficient (Wildman–Crippen LogP) is 1.52. The summed E-state index contributed by atoms with van der Waals surface area (Å²) < 4.78 is 8.77. The van der Waals surface area contributed by atoms with Gasteiger partial charge in [0.25, 0.3) is 5.56 Å². The number of Topliss-reactive ketones (excluding diaryl/α,β-unsaturated/α-hetero) is 1. The number of imidazole rings is 1. The summed E-state index contributed by atoms with van der Waals surface area (Å²) in [5.41, 5.74) is 6.16. The lowest BCUT2D eigenvalue weighted by atomic mass is 10.1. The summed E-state index contributed by atoms with van der Waals surface area (Å²) >= 11 is 0. The van der Waals surface area contributed by atoms with Gasteiger partial charge in [0.1, 0.15) is 5.75 Å². The van der Waals surface area contributed by atoms with Crippen LogP contribution in [0.3, 0.4) is 0 Å². The number of para-hydroxylation sites is 1. The highest BCUT2D eigenvalue weighted by Gasteiger charge is 2.20. The first kappa shape index (κ1) is 20.1. The number of benzene rings is 1. The van der Waals surface area contributed by atoms with Crippen LogP contribution in [-0.4, -0.2) is 38.0 Å². The highest BCUT2D eigenvalue weighted by molar-refractivity contribution is 5.96. The van der Waals surface area contributed by atoms with Crippen LogP contribution in [0, 0.1) is 11.8 Å². The Morgan fingerprint density at radius 1 is 1.31 bits per heavy atom. The number of anilines is 1. The molecule has 0 fully saturated rings. The second kappa shape index (κ2) is 8.58. The molecule has 0 amide bonds. The maximum absolute atomic E-state index is 13.0. The van der Waals surface area contributed by atoms with Crippen molar-refractivity contribution in [3.63, 3.8) is 0 Å². The van der Waals surface area contributed by atoms with E-state index in [1.165, 1.54) is 11.5 Å². The lowest BCUT2D eigenvalue weighted by Gasteiger charge is -2.11. The van der Waals surface area contributed by atoms with Crippen LogP contribution in [0.15, 0.2) is 29.1 Å². The van der Waals surface area contributed by atoms with Crippen LogP contribution in [0.2, 0.25) is 0 Å². The van der Waals surface area contributed by atoms with E-state index in [-0.39, 0.29) is 29.5 Å². The number of nitrogens with one attached hydrogen (secondary N) is 1. The maximum Gasteiger partial charge on any atom is 0.306 e. The highest BCUT2D eigenvalue weighted by Crippen LogP contribution is 2.25. The minimum Gasteiger partial charge on any atom is -0.425 e. The Balaban J connectivity index is 2.14. The predicted molar refractivity (Wildman–Crippen MR) is 110 cm³/mol. The van der Waals surface area contributed by atoms with Crippen LogP contribution in [0.5, 0.6) is 11.8 Å². The van der Waals surface area contributed by atoms with Gasteiger partial charge in [-0.3, -0.25) is 18.7 Å². The number of nitrogens with zero attached hydrogens (tertiary/aromatic N) is 4. The van der Waals surface area contributed by atoms with E-state index >= 15 is 0 Å². The van der Waals surface area contributed by atoms with Crippen LogP contribution in [-0.2, 0) is 13.6 Å². The van der Waals surface area contributed by atoms with Crippen LogP contribution >= 0.6 is 0 Å². The van der Waals surface area contributed by atoms with Crippen molar-refractivity contribution in [2.45, 2.75) is 20.4 Å². The van der Waals surface area contributed by atoms with Crippen molar-refractivity contribution in [2.24, 2.45) is 12.8 Å². The third-order valence-electron chi connectivity index (χ3n) is 4.25. The van der Waals surface area contributed by atoms with E-state index in [0.29, 0.717) is 35.9 Å². The van der Waals surface area contributed by atoms with E-state index in [0.717, 1.165) is 0 Å². The van der Waals surface area contributed by atoms with Crippen molar-refractivity contribution in [3.8, 4) is 23.6 Å². The number of ether oxygens (including phenoxy) is 1. The number of carbonyl (C=O) groups is 1. The zero-order valence-electron chi connectivity index (χ0n) is 16.5. The second-order valence-electron chi connectivity index (χ2n) is 6.25. The van der Waals surface area contributed by atoms with Gasteiger partial charge in [0.15, 0.2) is 16.9 Å². The first-order chi connectivity index (χ1) is 14.0. The third kappa shape index (κ3) is 3.97. The molecular formula is C20H22N6O3. The molecule has 3 aromatic rings. The van der Waals surface area contributed by atoms with Crippen LogP contribution in [0.1, 0.15) is 24.2 Å². The van der Waals surface area contributed by atoms with Crippen molar-refractivity contribution in [1.29, 1.82) is 0 Å². The molecule has 0 atom stereocenters. The summed E-state index contributed by atoms with van der Waals surface area (Å²) in [6.07, 6.45) is 0. The SMILES string of the molecule is CC#CCn1c(NCCN)nc2nc(Oc3ccccc3C(C)=O)n(C)c(=O)c21. The fourth-order valence-electron chi connectivity index (χ4n) is 2.81. The van der Waals surface area contributed by atoms with Crippen LogP contribution in [0.25, 0.3) is 11.2 Å². The number of ketones is 1. The molecule has 1 aromatic carbocycles. The van der Waals surface area contributed by atoms with Gasteiger partial charge in [-0.2, -0.15) is 9.97 Å². The Morgan fingerprint density at radius 3 is 2.76 bits per heavy atom. The molecule has 150 valence electrons. The quantitative estimate of drug-likeness (QED) is 0.461. The molecule has 3 N–H and O–H groups in total. The minimum absolute atomic E-state index is 0.0350. The van der Waals surface area contributed by atoms with Gasteiger partial charge >= 0.3 is 6.01 Å². The van der Waals surface area contributed by atoms with Gasteiger partial charge in [-0.1, -0.05) is 18.1 Å². The number of nitrogens with two attached hydrogens (primary N) is 1. The molecule has 0 radical (unpaired) electrons. The van der Waals surface area contributed by atoms with E-state index in [2.05, 4.69) is 27.1 Å². The zero-order chi connectivity index (χ0) is 21.0. The molecule has 0 unspecified atom stereocenters. The summed E-state index contributed by atoms with van der Waals surface area (Å²) in [7, 11) is 1.55. The molecule has 3 rings (SSSR count). The molecular weight excluding hydrogens is 372 g/mol. The molecule has 0 bridgehead atoms. The Morgan fingerprint density at radius 2 is 2.07 bits per heavy atom. The Bertz CT molecular complexity index is 1180. The van der Waals surface area contributed by atoms with Gasteiger partial charge in [0.2, 0.25) is 5.95 Å². The van der Waals surface area contributed by atoms with E-state index in [9.17, 15) is 9.59 Å². The number of hydrogen-bond acceptors (Lipinski definition) is 7. The number of hydrogen-bond donors (Lipinski definition) is 2. The highest BCUT2D eigenvalue weighted by atomic mass is 16.5. The molecule has 2 aromatic heterocycles. The number of rotatable bonds is 7. The topological polar surface area (TPSA) is 117 Å². The molecule has 29 heavy (non-hydrogen) atoms. The Labute approximate surface area is 167 Å². The standard InChI is InChI=1S/C20H22N6O3/c1-4-5-12-26-16-17(23-19(26)22-11-10-21)24-20(25(3)18(16)28)29-15-9-7-6-8-14(15)13(2)27/h6-9H,10-12,21H2,1-3H3,(H,22,23). The number of carbonyl (C=O) groups excluding carboxylic acids is 1. The summed E-state index contributed by atoms with van der Waals surface area (Å²) in [4.78, 5) is 33.7. The van der Waals surface area contributed by atoms with E-state index in [4.69, 9.17) is 10.5 Å². The average molecular weight is 394 g/mol. The summed E-state index contributed by atoms with van der Waals surface area (Å²) in [6.45, 7) is 4.34. The summed E-state index contributed by atoms with van der Waals surface area (Å²) in [5.74, 6) is 6.38. The Kier molecular flexibility index (Phi) is 5.95. The van der Waals surface area contributed by atoms with E-state index in [1.54, 1.807) is 42.8 Å². The number of aromatic nitrogens is 4. The maximum atomic E-state index is 13.0. The summed E-state index contributed by atoms with van der Waals surface area (Å²) in [5, 5.41) is 3.09. The Hall–Kier alpha value is -3.64. The molecule has 9 heteroatoms. The molecule has 0 aliphatic heterocycles. The van der Waals surface area contributed by atoms with Gasteiger partial charge in [0, 0.05) is 20.1 Å². The smallest absolute Gasteiger partial charge is 0.306 e. The molecule has 0 aliphatic carbocycles. The molecule has 0 saturated heterocycles. The lowest BCUT2D eigenvalue weighted by molar-refractivity contribution is 0.101. The molecule has 0 spiro atoms. The monoisotopic (exact) mass is 394 g/mol. The largest absolute Gasteiger partial charge is 0.425 e. The molecule has 0 saturated carbocycles. The van der Waals surface area contributed by atoms with Gasteiger partial charge in [-0.05, 0) is 26.0 Å². The van der Waals surface area contributed by atoms with Gasteiger partial charge in [-0.15, -0.1) is 5.92 Å². The zero-order valence-corrected chi connectivity index (χ0v) is 16.5. The first-order valence-corrected chi connectivity index (χ1v) is 9.06. The van der Waals surface area contributed by atoms with E-state index < -0.39 is 0 Å². The summed E-state index contributed by atoms with van der Waals surface area (Å²) in [6, 6.07) is 6.82. The van der Waals surface area contributed by atoms with Crippen molar-refractivity contribution >= 4 is 22.9 Å². The minimum atomic E-state index is -0.337. The molecule has 2 heterocycles. The van der Waals surface area contributed by atoms with Crippen LogP contribution in [0.4, 0.5) is 5.95 Å². The van der Waals surface area contributed by atoms with Crippen molar-refractivity contribution < 1.29 is 9.53 Å². The van der Waals surface area contributed by atoms with Gasteiger partial charge in [0.05, 0.1) is 12.1 Å². The number of fused-ring (bicyclic) bond motifs is 1.